The topological polar surface area (TPSA) is 37.8 Å². The predicted molar refractivity (Wildman–Crippen MR) is 61.6 cm³/mol. The molecule has 0 aliphatic heterocycles. The van der Waals surface area contributed by atoms with E-state index in [9.17, 15) is 4.39 Å². The molecule has 2 aromatic heterocycles. The Labute approximate surface area is 97.4 Å². The van der Waals surface area contributed by atoms with Crippen LogP contribution in [-0.4, -0.2) is 9.97 Å². The molecule has 1 N–H and O–H groups in total. The van der Waals surface area contributed by atoms with Crippen LogP contribution in [0.1, 0.15) is 23.7 Å². The van der Waals surface area contributed by atoms with Gasteiger partial charge in [0.1, 0.15) is 10.8 Å². The Morgan fingerprint density at radius 1 is 1.44 bits per heavy atom. The highest BCUT2D eigenvalue weighted by atomic mass is 32.1. The van der Waals surface area contributed by atoms with Crippen LogP contribution in [0.15, 0.2) is 29.9 Å². The van der Waals surface area contributed by atoms with E-state index in [1.54, 1.807) is 29.8 Å². The number of nitrogens with zero attached hydrogens (tertiary/aromatic N) is 2. The van der Waals surface area contributed by atoms with Crippen molar-refractivity contribution in [3.8, 4) is 0 Å². The van der Waals surface area contributed by atoms with Crippen molar-refractivity contribution >= 4 is 11.3 Å². The zero-order valence-electron chi connectivity index (χ0n) is 8.85. The van der Waals surface area contributed by atoms with Crippen molar-refractivity contribution in [2.75, 3.05) is 0 Å². The lowest BCUT2D eigenvalue weighted by molar-refractivity contribution is 0.531. The monoisotopic (exact) mass is 237 g/mol. The lowest BCUT2D eigenvalue weighted by Crippen LogP contribution is -2.19. The minimum atomic E-state index is -0.277. The van der Waals surface area contributed by atoms with Gasteiger partial charge < -0.3 is 5.32 Å². The van der Waals surface area contributed by atoms with Crippen LogP contribution in [0.25, 0.3) is 0 Å². The third kappa shape index (κ3) is 2.62. The molecule has 3 nitrogen and oxygen atoms in total. The maximum absolute atomic E-state index is 13.3. The van der Waals surface area contributed by atoms with Crippen molar-refractivity contribution in [3.63, 3.8) is 0 Å². The Morgan fingerprint density at radius 2 is 2.31 bits per heavy atom. The molecule has 1 unspecified atom stereocenters. The Hall–Kier alpha value is -1.33. The fourth-order valence-electron chi connectivity index (χ4n) is 1.33. The van der Waals surface area contributed by atoms with E-state index in [4.69, 9.17) is 0 Å². The molecule has 0 amide bonds. The predicted octanol–water partition coefficient (Wildman–Crippen LogP) is 2.53. The van der Waals surface area contributed by atoms with Gasteiger partial charge in [0.15, 0.2) is 0 Å². The first-order valence-electron chi connectivity index (χ1n) is 4.99. The van der Waals surface area contributed by atoms with Gasteiger partial charge in [-0.25, -0.2) is 9.37 Å². The van der Waals surface area contributed by atoms with E-state index in [-0.39, 0.29) is 11.9 Å². The minimum absolute atomic E-state index is 0.112. The number of hydrogen-bond donors (Lipinski definition) is 1. The number of hydrogen-bond acceptors (Lipinski definition) is 4. The van der Waals surface area contributed by atoms with Crippen molar-refractivity contribution in [2.24, 2.45) is 0 Å². The van der Waals surface area contributed by atoms with E-state index < -0.39 is 0 Å². The van der Waals surface area contributed by atoms with E-state index in [2.05, 4.69) is 15.3 Å². The number of nitrogens with one attached hydrogen (secondary N) is 1. The molecule has 0 fully saturated rings. The molecule has 84 valence electrons. The summed E-state index contributed by atoms with van der Waals surface area (Å²) in [4.78, 5) is 8.17. The molecule has 2 rings (SSSR count). The Kier molecular flexibility index (Phi) is 3.58. The molecule has 0 aliphatic rings. The van der Waals surface area contributed by atoms with E-state index in [1.165, 1.54) is 6.07 Å². The Balaban J connectivity index is 1.95. The fraction of sp³-hybridized carbons (Fsp3) is 0.273. The summed E-state index contributed by atoms with van der Waals surface area (Å²) in [6.07, 6.45) is 3.35. The zero-order valence-corrected chi connectivity index (χ0v) is 9.67. The second kappa shape index (κ2) is 5.14. The van der Waals surface area contributed by atoms with Gasteiger partial charge >= 0.3 is 0 Å². The summed E-state index contributed by atoms with van der Waals surface area (Å²) in [7, 11) is 0. The Bertz CT molecular complexity index is 444. The second-order valence-electron chi connectivity index (χ2n) is 3.40. The molecule has 5 heteroatoms. The van der Waals surface area contributed by atoms with Crippen LogP contribution in [0.3, 0.4) is 0 Å². The quantitative estimate of drug-likeness (QED) is 0.888. The second-order valence-corrected chi connectivity index (χ2v) is 4.33. The molecule has 0 aromatic carbocycles. The molecule has 0 saturated carbocycles. The molecule has 0 spiro atoms. The van der Waals surface area contributed by atoms with Crippen molar-refractivity contribution in [1.82, 2.24) is 15.3 Å². The lowest BCUT2D eigenvalue weighted by Gasteiger charge is -2.10. The van der Waals surface area contributed by atoms with Crippen LogP contribution in [0, 0.1) is 5.82 Å². The molecule has 0 radical (unpaired) electrons. The zero-order chi connectivity index (χ0) is 11.4. The molecule has 2 aromatic rings. The van der Waals surface area contributed by atoms with E-state index >= 15 is 0 Å². The molecule has 0 saturated heterocycles. The van der Waals surface area contributed by atoms with Gasteiger partial charge in [-0.1, -0.05) is 0 Å². The maximum Gasteiger partial charge on any atom is 0.146 e. The van der Waals surface area contributed by atoms with Gasteiger partial charge in [0.25, 0.3) is 0 Å². The van der Waals surface area contributed by atoms with Crippen molar-refractivity contribution in [3.05, 3.63) is 46.4 Å². The number of halogens is 1. The number of thiazole rings is 1. The smallest absolute Gasteiger partial charge is 0.146 e. The van der Waals surface area contributed by atoms with Gasteiger partial charge in [0.2, 0.25) is 0 Å². The summed E-state index contributed by atoms with van der Waals surface area (Å²) in [5.41, 5.74) is 0.436. The highest BCUT2D eigenvalue weighted by molar-refractivity contribution is 7.09. The largest absolute Gasteiger partial charge is 0.302 e. The molecular weight excluding hydrogens is 225 g/mol. The van der Waals surface area contributed by atoms with E-state index in [0.717, 1.165) is 5.01 Å². The molecule has 1 atom stereocenters. The van der Waals surface area contributed by atoms with Gasteiger partial charge in [-0.2, -0.15) is 0 Å². The highest BCUT2D eigenvalue weighted by Crippen LogP contribution is 2.15. The molecule has 0 bridgehead atoms. The third-order valence-corrected chi connectivity index (χ3v) is 3.19. The van der Waals surface area contributed by atoms with Gasteiger partial charge in [-0.05, 0) is 19.1 Å². The van der Waals surface area contributed by atoms with Crippen LogP contribution in [0.2, 0.25) is 0 Å². The van der Waals surface area contributed by atoms with Gasteiger partial charge in [0.05, 0.1) is 11.7 Å². The minimum Gasteiger partial charge on any atom is -0.302 e. The summed E-state index contributed by atoms with van der Waals surface area (Å²) in [6, 6.07) is 3.11. The summed E-state index contributed by atoms with van der Waals surface area (Å²) >= 11 is 1.58. The summed E-state index contributed by atoms with van der Waals surface area (Å²) in [5, 5.41) is 6.11. The third-order valence-electron chi connectivity index (χ3n) is 2.23. The van der Waals surface area contributed by atoms with Crippen LogP contribution < -0.4 is 5.32 Å². The first-order valence-corrected chi connectivity index (χ1v) is 5.87. The highest BCUT2D eigenvalue weighted by Gasteiger charge is 2.09. The summed E-state index contributed by atoms with van der Waals surface area (Å²) in [6.45, 7) is 2.41. The van der Waals surface area contributed by atoms with E-state index in [1.807, 2.05) is 12.3 Å². The standard InChI is InChI=1S/C11H12FN3S/c1-8(11-14-5-6-16-11)15-7-10-9(12)3-2-4-13-10/h2-6,8,15H,7H2,1H3. The fourth-order valence-corrected chi connectivity index (χ4v) is 2.00. The molecular formula is C11H12FN3S. The molecule has 2 heterocycles. The average Bonchev–Trinajstić information content (AvgIpc) is 2.81. The van der Waals surface area contributed by atoms with Crippen molar-refractivity contribution in [1.29, 1.82) is 0 Å². The van der Waals surface area contributed by atoms with Gasteiger partial charge in [0, 0.05) is 24.3 Å². The average molecular weight is 237 g/mol. The van der Waals surface area contributed by atoms with Crippen molar-refractivity contribution in [2.45, 2.75) is 19.5 Å². The number of rotatable bonds is 4. The van der Waals surface area contributed by atoms with Gasteiger partial charge in [-0.15, -0.1) is 11.3 Å². The van der Waals surface area contributed by atoms with Gasteiger partial charge in [-0.3, -0.25) is 4.98 Å². The van der Waals surface area contributed by atoms with Crippen LogP contribution >= 0.6 is 11.3 Å². The van der Waals surface area contributed by atoms with E-state index in [0.29, 0.717) is 12.2 Å². The Morgan fingerprint density at radius 3 is 3.00 bits per heavy atom. The SMILES string of the molecule is CC(NCc1ncccc1F)c1nccs1. The summed E-state index contributed by atoms with van der Waals surface area (Å²) in [5.74, 6) is -0.277. The summed E-state index contributed by atoms with van der Waals surface area (Å²) < 4.78 is 13.3. The first kappa shape index (κ1) is 11.2. The number of aromatic nitrogens is 2. The van der Waals surface area contributed by atoms with Crippen molar-refractivity contribution < 1.29 is 4.39 Å². The normalized spacial score (nSPS) is 12.6. The number of pyridine rings is 1. The maximum atomic E-state index is 13.3. The molecule has 0 aliphatic carbocycles. The molecule has 16 heavy (non-hydrogen) atoms. The van der Waals surface area contributed by atoms with Crippen LogP contribution in [0.5, 0.6) is 0 Å². The lowest BCUT2D eigenvalue weighted by atomic mass is 10.3. The first-order chi connectivity index (χ1) is 7.77. The van der Waals surface area contributed by atoms with Crippen LogP contribution in [-0.2, 0) is 6.54 Å². The van der Waals surface area contributed by atoms with Crippen LogP contribution in [0.4, 0.5) is 4.39 Å².